The molecule has 3 atom stereocenters. The zero-order chi connectivity index (χ0) is 13.6. The van der Waals surface area contributed by atoms with Crippen LogP contribution in [0.2, 0.25) is 5.02 Å². The van der Waals surface area contributed by atoms with E-state index in [4.69, 9.17) is 17.3 Å². The molecule has 1 saturated carbocycles. The Morgan fingerprint density at radius 2 is 2.16 bits per heavy atom. The molecule has 1 aromatic carbocycles. The molecule has 1 aliphatic heterocycles. The summed E-state index contributed by atoms with van der Waals surface area (Å²) in [6, 6.07) is 4.97. The fourth-order valence-corrected chi connectivity index (χ4v) is 3.43. The van der Waals surface area contributed by atoms with Crippen LogP contribution in [-0.4, -0.2) is 35.1 Å². The van der Waals surface area contributed by atoms with E-state index in [9.17, 15) is 9.90 Å². The number of amides is 1. The summed E-state index contributed by atoms with van der Waals surface area (Å²) in [4.78, 5) is 14.2. The van der Waals surface area contributed by atoms with E-state index in [1.54, 1.807) is 18.2 Å². The summed E-state index contributed by atoms with van der Waals surface area (Å²) in [5, 5.41) is 10.3. The van der Waals surface area contributed by atoms with Gasteiger partial charge in [-0.05, 0) is 37.0 Å². The number of benzene rings is 1. The van der Waals surface area contributed by atoms with Gasteiger partial charge in [0.15, 0.2) is 0 Å². The highest BCUT2D eigenvalue weighted by molar-refractivity contribution is 6.33. The van der Waals surface area contributed by atoms with E-state index in [0.717, 1.165) is 19.4 Å². The Balaban J connectivity index is 1.76. The number of carbonyl (C=O) groups excluding carboxylic acids is 1. The van der Waals surface area contributed by atoms with Gasteiger partial charge >= 0.3 is 0 Å². The third-order valence-corrected chi connectivity index (χ3v) is 4.68. The van der Waals surface area contributed by atoms with E-state index in [2.05, 4.69) is 0 Å². The monoisotopic (exact) mass is 280 g/mol. The van der Waals surface area contributed by atoms with Crippen LogP contribution in [0.3, 0.4) is 0 Å². The number of aliphatic hydroxyl groups excluding tert-OH is 1. The van der Waals surface area contributed by atoms with Gasteiger partial charge in [0.05, 0.1) is 16.8 Å². The van der Waals surface area contributed by atoms with Gasteiger partial charge in [0, 0.05) is 24.6 Å². The second-order valence-electron chi connectivity index (χ2n) is 5.52. The van der Waals surface area contributed by atoms with E-state index in [1.165, 1.54) is 0 Å². The van der Waals surface area contributed by atoms with Crippen molar-refractivity contribution in [2.45, 2.75) is 18.9 Å². The summed E-state index contributed by atoms with van der Waals surface area (Å²) in [5.41, 5.74) is 6.69. The van der Waals surface area contributed by atoms with Gasteiger partial charge in [0.1, 0.15) is 0 Å². The normalized spacial score (nSPS) is 29.6. The number of rotatable bonds is 1. The van der Waals surface area contributed by atoms with Crippen molar-refractivity contribution < 1.29 is 9.90 Å². The molecule has 4 nitrogen and oxygen atoms in total. The molecule has 1 heterocycles. The lowest BCUT2D eigenvalue weighted by atomic mass is 10.00. The molecule has 3 unspecified atom stereocenters. The highest BCUT2D eigenvalue weighted by atomic mass is 35.5. The van der Waals surface area contributed by atoms with Crippen LogP contribution in [0.25, 0.3) is 0 Å². The fourth-order valence-electron chi connectivity index (χ4n) is 3.25. The van der Waals surface area contributed by atoms with Crippen LogP contribution in [0.15, 0.2) is 18.2 Å². The number of hydrogen-bond acceptors (Lipinski definition) is 3. The Morgan fingerprint density at radius 1 is 1.37 bits per heavy atom. The molecular weight excluding hydrogens is 264 g/mol. The molecule has 1 amide bonds. The topological polar surface area (TPSA) is 66.6 Å². The highest BCUT2D eigenvalue weighted by Gasteiger charge is 2.43. The van der Waals surface area contributed by atoms with Gasteiger partial charge in [0.2, 0.25) is 0 Å². The fraction of sp³-hybridized carbons (Fsp3) is 0.500. The molecule has 0 bridgehead atoms. The van der Waals surface area contributed by atoms with Crippen molar-refractivity contribution >= 4 is 23.2 Å². The lowest BCUT2D eigenvalue weighted by Crippen LogP contribution is -2.31. The largest absolute Gasteiger partial charge is 0.398 e. The predicted octanol–water partition coefficient (Wildman–Crippen LogP) is 1.77. The minimum absolute atomic E-state index is 0.0245. The Hall–Kier alpha value is -1.26. The Bertz CT molecular complexity index is 520. The molecule has 102 valence electrons. The van der Waals surface area contributed by atoms with Gasteiger partial charge in [-0.1, -0.05) is 11.6 Å². The molecule has 2 aliphatic rings. The minimum atomic E-state index is -0.252. The second kappa shape index (κ2) is 4.69. The number of anilines is 1. The van der Waals surface area contributed by atoms with Gasteiger partial charge < -0.3 is 15.7 Å². The number of likely N-dealkylation sites (tertiary alicyclic amines) is 1. The first-order valence-corrected chi connectivity index (χ1v) is 6.96. The molecule has 5 heteroatoms. The van der Waals surface area contributed by atoms with Gasteiger partial charge in [-0.25, -0.2) is 0 Å². The molecule has 1 aromatic rings. The van der Waals surface area contributed by atoms with Crippen molar-refractivity contribution in [3.63, 3.8) is 0 Å². The first-order chi connectivity index (χ1) is 9.06. The van der Waals surface area contributed by atoms with Gasteiger partial charge in [0.25, 0.3) is 5.91 Å². The van der Waals surface area contributed by atoms with E-state index < -0.39 is 0 Å². The lowest BCUT2D eigenvalue weighted by Gasteiger charge is -2.18. The van der Waals surface area contributed by atoms with Crippen LogP contribution >= 0.6 is 11.6 Å². The molecule has 19 heavy (non-hydrogen) atoms. The quantitative estimate of drug-likeness (QED) is 0.771. The van der Waals surface area contributed by atoms with Crippen molar-refractivity contribution in [2.75, 3.05) is 18.8 Å². The number of fused-ring (bicyclic) bond motifs is 1. The van der Waals surface area contributed by atoms with Gasteiger partial charge in [-0.15, -0.1) is 0 Å². The van der Waals surface area contributed by atoms with Crippen LogP contribution < -0.4 is 5.73 Å². The van der Waals surface area contributed by atoms with Crippen LogP contribution in [0, 0.1) is 11.8 Å². The Labute approximate surface area is 117 Å². The molecule has 3 N–H and O–H groups in total. The number of halogens is 1. The third-order valence-electron chi connectivity index (χ3n) is 4.35. The lowest BCUT2D eigenvalue weighted by molar-refractivity contribution is 0.0752. The second-order valence-corrected chi connectivity index (χ2v) is 5.92. The average molecular weight is 281 g/mol. The van der Waals surface area contributed by atoms with Crippen molar-refractivity contribution in [1.82, 2.24) is 4.90 Å². The number of carbonyl (C=O) groups is 1. The van der Waals surface area contributed by atoms with Crippen LogP contribution in [0.1, 0.15) is 23.2 Å². The average Bonchev–Trinajstić information content (AvgIpc) is 2.95. The number of hydrogen-bond donors (Lipinski definition) is 2. The molecule has 2 fully saturated rings. The smallest absolute Gasteiger partial charge is 0.253 e. The highest BCUT2D eigenvalue weighted by Crippen LogP contribution is 2.38. The van der Waals surface area contributed by atoms with E-state index >= 15 is 0 Å². The summed E-state index contributed by atoms with van der Waals surface area (Å²) in [5.74, 6) is 0.667. The summed E-state index contributed by atoms with van der Waals surface area (Å²) in [6.45, 7) is 1.38. The van der Waals surface area contributed by atoms with Gasteiger partial charge in [-0.2, -0.15) is 0 Å². The maximum absolute atomic E-state index is 12.4. The Kier molecular flexibility index (Phi) is 3.15. The molecule has 0 aromatic heterocycles. The molecule has 0 radical (unpaired) electrons. The first-order valence-electron chi connectivity index (χ1n) is 6.58. The number of nitrogen functional groups attached to an aromatic ring is 1. The van der Waals surface area contributed by atoms with Crippen LogP contribution in [0.5, 0.6) is 0 Å². The molecule has 1 saturated heterocycles. The van der Waals surface area contributed by atoms with Crippen LogP contribution in [0.4, 0.5) is 5.69 Å². The summed E-state index contributed by atoms with van der Waals surface area (Å²) < 4.78 is 0. The zero-order valence-corrected chi connectivity index (χ0v) is 11.3. The Morgan fingerprint density at radius 3 is 2.84 bits per heavy atom. The molecular formula is C14H17ClN2O2. The first kappa shape index (κ1) is 12.8. The number of nitrogens with zero attached hydrogens (tertiary/aromatic N) is 1. The van der Waals surface area contributed by atoms with Gasteiger partial charge in [-0.3, -0.25) is 4.79 Å². The number of aliphatic hydroxyl groups is 1. The minimum Gasteiger partial charge on any atom is -0.398 e. The SMILES string of the molecule is Nc1ccc(C(=O)N2CC3CCC(O)C3C2)cc1Cl. The summed E-state index contributed by atoms with van der Waals surface area (Å²) >= 11 is 5.95. The molecule has 3 rings (SSSR count). The zero-order valence-electron chi connectivity index (χ0n) is 10.6. The van der Waals surface area contributed by atoms with Crippen molar-refractivity contribution in [3.8, 4) is 0 Å². The number of nitrogens with two attached hydrogens (primary N) is 1. The predicted molar refractivity (Wildman–Crippen MR) is 74.0 cm³/mol. The van der Waals surface area contributed by atoms with Crippen molar-refractivity contribution in [1.29, 1.82) is 0 Å². The van der Waals surface area contributed by atoms with Crippen LogP contribution in [-0.2, 0) is 0 Å². The van der Waals surface area contributed by atoms with E-state index in [0.29, 0.717) is 28.7 Å². The third kappa shape index (κ3) is 2.19. The van der Waals surface area contributed by atoms with Crippen molar-refractivity contribution in [2.24, 2.45) is 11.8 Å². The molecule has 0 spiro atoms. The standard InChI is InChI=1S/C14H17ClN2O2/c15-11-5-8(1-3-12(11)16)14(19)17-6-9-2-4-13(18)10(9)7-17/h1,3,5,9-10,13,18H,2,4,6-7,16H2. The summed E-state index contributed by atoms with van der Waals surface area (Å²) in [6.07, 6.45) is 1.63. The summed E-state index contributed by atoms with van der Waals surface area (Å²) in [7, 11) is 0. The van der Waals surface area contributed by atoms with E-state index in [1.807, 2.05) is 4.90 Å². The maximum atomic E-state index is 12.4. The maximum Gasteiger partial charge on any atom is 0.253 e. The molecule has 1 aliphatic carbocycles. The van der Waals surface area contributed by atoms with Crippen molar-refractivity contribution in [3.05, 3.63) is 28.8 Å². The van der Waals surface area contributed by atoms with E-state index in [-0.39, 0.29) is 17.9 Å².